The van der Waals surface area contributed by atoms with Crippen molar-refractivity contribution in [3.8, 4) is 5.75 Å². The van der Waals surface area contributed by atoms with Crippen molar-refractivity contribution in [2.45, 2.75) is 24.1 Å². The van der Waals surface area contributed by atoms with Crippen molar-refractivity contribution in [1.82, 2.24) is 15.0 Å². The summed E-state index contributed by atoms with van der Waals surface area (Å²) >= 11 is -2.68. The number of benzene rings is 1. The number of hydrogen-bond donors (Lipinski definition) is 1. The maximum Gasteiger partial charge on any atom is 0.322 e. The van der Waals surface area contributed by atoms with Crippen molar-refractivity contribution >= 4 is 22.2 Å². The molecule has 1 N–H and O–H groups in total. The molecule has 0 saturated carbocycles. The van der Waals surface area contributed by atoms with Gasteiger partial charge in [0.2, 0.25) is 0 Å². The number of fused-ring (bicyclic) bond motifs is 1. The molecule has 3 rings (SSSR count). The molecule has 6 nitrogen and oxygen atoms in total. The van der Waals surface area contributed by atoms with Crippen molar-refractivity contribution < 1.29 is 26.4 Å². The quantitative estimate of drug-likeness (QED) is 0.488. The van der Waals surface area contributed by atoms with Gasteiger partial charge in [0.25, 0.3) is 0 Å². The van der Waals surface area contributed by atoms with Gasteiger partial charge in [0.1, 0.15) is 5.75 Å². The molecule has 0 spiro atoms. The molecule has 25 heavy (non-hydrogen) atoms. The Morgan fingerprint density at radius 3 is 3.12 bits per heavy atom. The van der Waals surface area contributed by atoms with Crippen LogP contribution in [-0.4, -0.2) is 39.8 Å². The highest BCUT2D eigenvalue weighted by molar-refractivity contribution is 7.90. The van der Waals surface area contributed by atoms with E-state index in [1.807, 2.05) is 0 Å². The molecule has 0 radical (unpaired) electrons. The summed E-state index contributed by atoms with van der Waals surface area (Å²) in [6, 6.07) is -0.744. The highest BCUT2D eigenvalue weighted by Gasteiger charge is 2.20. The fourth-order valence-corrected chi connectivity index (χ4v) is 2.76. The molecule has 0 amide bonds. The van der Waals surface area contributed by atoms with Crippen LogP contribution < -0.4 is 4.74 Å². The maximum atomic E-state index is 13.3. The summed E-state index contributed by atoms with van der Waals surface area (Å²) in [6.45, 7) is -2.39. The zero-order chi connectivity index (χ0) is 25.4. The molecule has 0 aliphatic rings. The van der Waals surface area contributed by atoms with Gasteiger partial charge in [-0.1, -0.05) is 12.1 Å². The molecule has 132 valence electrons. The monoisotopic (exact) mass is 368 g/mol. The van der Waals surface area contributed by atoms with E-state index in [1.54, 1.807) is 0 Å². The van der Waals surface area contributed by atoms with Gasteiger partial charge in [-0.25, -0.2) is 0 Å². The van der Waals surface area contributed by atoms with Gasteiger partial charge in [-0.05, 0) is 25.0 Å². The van der Waals surface area contributed by atoms with E-state index in [-0.39, 0.29) is 23.4 Å². The number of imidazole rings is 1. The Hall–Kier alpha value is -2.09. The average molecular weight is 369 g/mol. The van der Waals surface area contributed by atoms with Crippen LogP contribution in [0.2, 0.25) is 0 Å². The maximum absolute atomic E-state index is 13.3. The lowest BCUT2D eigenvalue weighted by atomic mass is 10.2. The van der Waals surface area contributed by atoms with Crippen LogP contribution in [0.1, 0.15) is 30.0 Å². The van der Waals surface area contributed by atoms with Crippen LogP contribution in [0.4, 0.5) is 0 Å². The number of methoxy groups -OCH3 is 1. The summed E-state index contributed by atoms with van der Waals surface area (Å²) in [7, 11) is 1.50. The predicted molar refractivity (Wildman–Crippen MR) is 97.2 cm³/mol. The topological polar surface area (TPSA) is 83.1 Å². The Balaban J connectivity index is 2.09. The molecule has 0 aliphatic heterocycles. The Morgan fingerprint density at radius 2 is 2.28 bits per heavy atom. The summed E-state index contributed by atoms with van der Waals surface area (Å²) in [5.41, 5.74) is -4.41. The molecular weight excluding hydrogens is 338 g/mol. The van der Waals surface area contributed by atoms with Crippen molar-refractivity contribution in [2.75, 3.05) is 20.3 Å². The first-order chi connectivity index (χ1) is 15.8. The fraction of sp³-hybridized carbons (Fsp3) is 0.333. The van der Waals surface area contributed by atoms with E-state index in [0.717, 1.165) is 6.20 Å². The molecule has 7 heteroatoms. The minimum atomic E-state index is -2.87. The average Bonchev–Trinajstić information content (AvgIpc) is 3.23. The summed E-state index contributed by atoms with van der Waals surface area (Å²) in [5.74, 6) is -0.133. The number of nitrogens with zero attached hydrogens (tertiary/aromatic N) is 2. The van der Waals surface area contributed by atoms with Crippen molar-refractivity contribution in [2.24, 2.45) is 0 Å². The van der Waals surface area contributed by atoms with E-state index in [0.29, 0.717) is 13.0 Å². The largest absolute Gasteiger partial charge is 0.609 e. The zero-order valence-corrected chi connectivity index (χ0v) is 14.1. The van der Waals surface area contributed by atoms with Gasteiger partial charge in [-0.2, -0.15) is 4.98 Å². The van der Waals surface area contributed by atoms with Gasteiger partial charge in [-0.3, -0.25) is 9.97 Å². The number of hydrogen-bond acceptors (Lipinski definition) is 5. The molecule has 0 fully saturated rings. The second-order valence-electron chi connectivity index (χ2n) is 4.86. The first kappa shape index (κ1) is 9.56. The normalized spacial score (nSPS) is 18.7. The van der Waals surface area contributed by atoms with Gasteiger partial charge in [0.05, 0.1) is 31.6 Å². The SMILES string of the molecule is [2H]c1c([2H])c([2H])c2[nH]c([S+]([O-])C([2H])([2H])c3nccc(OCCCOC)c3C([2H])([2H])[2H])nc2c1[2H]. The number of rotatable bonds is 8. The Labute approximate surface area is 162 Å². The molecule has 1 aromatic carbocycles. The van der Waals surface area contributed by atoms with Crippen LogP contribution in [-0.2, 0) is 21.6 Å². The molecule has 2 heterocycles. The van der Waals surface area contributed by atoms with Gasteiger partial charge in [-0.15, -0.1) is 0 Å². The molecule has 0 aliphatic carbocycles. The van der Waals surface area contributed by atoms with Crippen molar-refractivity contribution in [1.29, 1.82) is 0 Å². The summed E-state index contributed by atoms with van der Waals surface area (Å²) < 4.78 is 95.8. The number of nitrogens with one attached hydrogen (secondary N) is 1. The van der Waals surface area contributed by atoms with Crippen LogP contribution in [0.25, 0.3) is 11.0 Å². The number of para-hydroxylation sites is 2. The second-order valence-corrected chi connectivity index (χ2v) is 5.99. The number of aromatic amines is 1. The van der Waals surface area contributed by atoms with Crippen LogP contribution in [0.5, 0.6) is 5.75 Å². The molecule has 0 saturated heterocycles. The Morgan fingerprint density at radius 1 is 1.40 bits per heavy atom. The molecule has 1 atom stereocenters. The van der Waals surface area contributed by atoms with E-state index in [1.165, 1.54) is 13.2 Å². The fourth-order valence-electron chi connectivity index (χ4n) is 1.97. The number of aromatic nitrogens is 3. The predicted octanol–water partition coefficient (Wildman–Crippen LogP) is 2.99. The summed E-state index contributed by atoms with van der Waals surface area (Å²) in [6.07, 6.45) is 1.60. The lowest BCUT2D eigenvalue weighted by Gasteiger charge is -2.12. The van der Waals surface area contributed by atoms with Gasteiger partial charge in [0.15, 0.2) is 5.70 Å². The minimum absolute atomic E-state index is 0.0967. The third-order valence-electron chi connectivity index (χ3n) is 3.14. The third kappa shape index (κ3) is 4.31. The summed E-state index contributed by atoms with van der Waals surface area (Å²) in [5, 5.41) is -0.489. The van der Waals surface area contributed by atoms with Gasteiger partial charge >= 0.3 is 5.16 Å². The number of ether oxygens (including phenoxy) is 2. The first-order valence-corrected chi connectivity index (χ1v) is 8.47. The van der Waals surface area contributed by atoms with Crippen LogP contribution in [0.3, 0.4) is 0 Å². The third-order valence-corrected chi connectivity index (χ3v) is 4.06. The standard InChI is InChI=1S/C18H21N3O3S/c1-13-16(19-9-8-17(13)24-11-5-10-23-2)12-25(22)18-20-14-6-3-4-7-15(14)21-18/h3-4,6-9H,5,10-12H2,1-2H3,(H,20,21)/i1D3,3D,4D,6D,7D,12D2. The van der Waals surface area contributed by atoms with E-state index >= 15 is 0 Å². The number of pyridine rings is 1. The van der Waals surface area contributed by atoms with E-state index in [9.17, 15) is 4.55 Å². The lowest BCUT2D eigenvalue weighted by Crippen LogP contribution is -2.10. The highest BCUT2D eigenvalue weighted by atomic mass is 32.2. The second kappa shape index (κ2) is 8.33. The van der Waals surface area contributed by atoms with Crippen LogP contribution in [0, 0.1) is 6.85 Å². The smallest absolute Gasteiger partial charge is 0.322 e. The molecular formula is C18H21N3O3S. The first-order valence-electron chi connectivity index (χ1n) is 11.8. The zero-order valence-electron chi connectivity index (χ0n) is 22.3. The van der Waals surface area contributed by atoms with Crippen LogP contribution >= 0.6 is 0 Å². The molecule has 1 unspecified atom stereocenters. The van der Waals surface area contributed by atoms with E-state index < -0.39 is 64.3 Å². The molecule has 2 aromatic heterocycles. The van der Waals surface area contributed by atoms with Gasteiger partial charge < -0.3 is 14.0 Å². The Kier molecular flexibility index (Phi) is 3.19. The van der Waals surface area contributed by atoms with Crippen LogP contribution in [0.15, 0.2) is 41.6 Å². The lowest BCUT2D eigenvalue weighted by molar-refractivity contribution is 0.172. The number of H-pyrrole nitrogens is 1. The molecule has 3 aromatic rings. The van der Waals surface area contributed by atoms with Crippen molar-refractivity contribution in [3.63, 3.8) is 0 Å². The Bertz CT molecular complexity index is 1160. The van der Waals surface area contributed by atoms with E-state index in [4.69, 9.17) is 21.8 Å². The molecule has 0 bridgehead atoms. The minimum Gasteiger partial charge on any atom is -0.609 e. The van der Waals surface area contributed by atoms with E-state index in [2.05, 4.69) is 15.0 Å². The summed E-state index contributed by atoms with van der Waals surface area (Å²) in [4.78, 5) is 10.3. The highest BCUT2D eigenvalue weighted by Crippen LogP contribution is 2.24. The van der Waals surface area contributed by atoms with Gasteiger partial charge in [0, 0.05) is 47.2 Å². The van der Waals surface area contributed by atoms with Crippen molar-refractivity contribution in [3.05, 3.63) is 47.7 Å².